The van der Waals surface area contributed by atoms with Gasteiger partial charge in [0.05, 0.1) is 20.6 Å². The summed E-state index contributed by atoms with van der Waals surface area (Å²) in [5.74, 6) is 0.883. The number of hydrogen-bond acceptors (Lipinski definition) is 1. The van der Waals surface area contributed by atoms with E-state index in [4.69, 9.17) is 4.74 Å². The molecule has 0 aliphatic heterocycles. The molecule has 0 aliphatic rings. The number of nitrogens with zero attached hydrogens (tertiary/aromatic N) is 1. The SMILES string of the molecule is COc1ccc(-c2c([Si](C)(C)C)c3ccccc3c3ccc4ccccc4[n+]23)cc1. The maximum absolute atomic E-state index is 5.43. The topological polar surface area (TPSA) is 13.3 Å². The van der Waals surface area contributed by atoms with Crippen molar-refractivity contribution in [3.63, 3.8) is 0 Å². The number of methoxy groups -OCH3 is 1. The Hall–Kier alpha value is -3.17. The zero-order valence-electron chi connectivity index (χ0n) is 17.9. The Morgan fingerprint density at radius 3 is 2.03 bits per heavy atom. The van der Waals surface area contributed by atoms with Crippen molar-refractivity contribution >= 4 is 40.5 Å². The lowest BCUT2D eigenvalue weighted by Crippen LogP contribution is -2.46. The van der Waals surface area contributed by atoms with Crippen molar-refractivity contribution in [2.24, 2.45) is 0 Å². The van der Waals surface area contributed by atoms with E-state index in [1.54, 1.807) is 7.11 Å². The molecule has 0 spiro atoms. The van der Waals surface area contributed by atoms with Crippen molar-refractivity contribution in [2.45, 2.75) is 19.6 Å². The highest BCUT2D eigenvalue weighted by atomic mass is 28.3. The molecule has 5 aromatic rings. The van der Waals surface area contributed by atoms with Gasteiger partial charge in [0.2, 0.25) is 16.7 Å². The van der Waals surface area contributed by atoms with Crippen LogP contribution in [0.15, 0.2) is 84.9 Å². The van der Waals surface area contributed by atoms with Crippen LogP contribution in [0.2, 0.25) is 19.6 Å². The third kappa shape index (κ3) is 2.89. The Kier molecular flexibility index (Phi) is 4.37. The number of fused-ring (bicyclic) bond motifs is 5. The summed E-state index contributed by atoms with van der Waals surface area (Å²) < 4.78 is 7.91. The molecule has 0 fully saturated rings. The van der Waals surface area contributed by atoms with Gasteiger partial charge in [0, 0.05) is 28.3 Å². The molecule has 2 heterocycles. The highest BCUT2D eigenvalue weighted by molar-refractivity contribution is 6.91. The maximum Gasteiger partial charge on any atom is 0.219 e. The van der Waals surface area contributed by atoms with Crippen LogP contribution in [0.1, 0.15) is 0 Å². The normalized spacial score (nSPS) is 12.0. The second-order valence-corrected chi connectivity index (χ2v) is 13.9. The van der Waals surface area contributed by atoms with Gasteiger partial charge in [-0.05, 0) is 47.9 Å². The second-order valence-electron chi connectivity index (χ2n) is 8.86. The van der Waals surface area contributed by atoms with Crippen molar-refractivity contribution in [3.05, 3.63) is 84.9 Å². The van der Waals surface area contributed by atoms with E-state index >= 15 is 0 Å². The zero-order valence-corrected chi connectivity index (χ0v) is 18.9. The molecule has 0 unspecified atom stereocenters. The van der Waals surface area contributed by atoms with E-state index in [0.717, 1.165) is 5.75 Å². The lowest BCUT2D eigenvalue weighted by molar-refractivity contribution is -0.466. The van der Waals surface area contributed by atoms with Crippen LogP contribution in [0.5, 0.6) is 5.75 Å². The third-order valence-electron chi connectivity index (χ3n) is 5.89. The molecule has 3 heteroatoms. The summed E-state index contributed by atoms with van der Waals surface area (Å²) in [4.78, 5) is 0. The summed E-state index contributed by atoms with van der Waals surface area (Å²) >= 11 is 0. The predicted molar refractivity (Wildman–Crippen MR) is 130 cm³/mol. The van der Waals surface area contributed by atoms with Gasteiger partial charge in [0.25, 0.3) is 0 Å². The van der Waals surface area contributed by atoms with Gasteiger partial charge in [-0.3, -0.25) is 0 Å². The van der Waals surface area contributed by atoms with E-state index in [9.17, 15) is 0 Å². The van der Waals surface area contributed by atoms with Crippen LogP contribution in [0.4, 0.5) is 0 Å². The molecule has 30 heavy (non-hydrogen) atoms. The van der Waals surface area contributed by atoms with E-state index in [1.807, 2.05) is 0 Å². The van der Waals surface area contributed by atoms with Crippen molar-refractivity contribution in [2.75, 3.05) is 7.11 Å². The van der Waals surface area contributed by atoms with Gasteiger partial charge in [-0.25, -0.2) is 0 Å². The Bertz CT molecular complexity index is 1400. The molecule has 0 bridgehead atoms. The number of hydrogen-bond donors (Lipinski definition) is 0. The molecule has 0 radical (unpaired) electrons. The van der Waals surface area contributed by atoms with Crippen LogP contribution in [-0.4, -0.2) is 15.2 Å². The van der Waals surface area contributed by atoms with Gasteiger partial charge in [-0.2, -0.15) is 4.40 Å². The summed E-state index contributed by atoms with van der Waals surface area (Å²) in [5.41, 5.74) is 5.02. The van der Waals surface area contributed by atoms with Crippen molar-refractivity contribution < 1.29 is 9.14 Å². The standard InChI is InChI=1S/C27H26NOSi/c1-29-21-16-13-20(14-17-21)26-27(30(2,3)4)23-11-7-6-10-22(23)25-18-15-19-9-5-8-12-24(19)28(25)26/h5-18H,1-4H3/q+1. The van der Waals surface area contributed by atoms with Crippen LogP contribution >= 0.6 is 0 Å². The molecule has 0 aliphatic carbocycles. The summed E-state index contributed by atoms with van der Waals surface area (Å²) in [5, 5.41) is 5.44. The fourth-order valence-corrected chi connectivity index (χ4v) is 6.59. The smallest absolute Gasteiger partial charge is 0.219 e. The quantitative estimate of drug-likeness (QED) is 0.204. The van der Waals surface area contributed by atoms with Crippen LogP contribution < -0.4 is 14.3 Å². The Labute approximate surface area is 178 Å². The Morgan fingerprint density at radius 2 is 1.33 bits per heavy atom. The summed E-state index contributed by atoms with van der Waals surface area (Å²) in [6.07, 6.45) is 0. The highest BCUT2D eigenvalue weighted by Crippen LogP contribution is 2.29. The van der Waals surface area contributed by atoms with Gasteiger partial charge in [0.1, 0.15) is 5.75 Å². The molecular formula is C27H26NOSi+. The average Bonchev–Trinajstić information content (AvgIpc) is 2.77. The van der Waals surface area contributed by atoms with Crippen molar-refractivity contribution in [3.8, 4) is 17.0 Å². The summed E-state index contributed by atoms with van der Waals surface area (Å²) in [6.45, 7) is 7.33. The van der Waals surface area contributed by atoms with Gasteiger partial charge in [-0.1, -0.05) is 50.0 Å². The Balaban J connectivity index is 2.08. The van der Waals surface area contributed by atoms with Crippen LogP contribution in [-0.2, 0) is 0 Å². The lowest BCUT2D eigenvalue weighted by Gasteiger charge is -2.22. The zero-order chi connectivity index (χ0) is 20.9. The number of ether oxygens (including phenoxy) is 1. The van der Waals surface area contributed by atoms with Crippen LogP contribution in [0.3, 0.4) is 0 Å². The number of aromatic nitrogens is 1. The lowest BCUT2D eigenvalue weighted by atomic mass is 10.0. The van der Waals surface area contributed by atoms with E-state index in [-0.39, 0.29) is 0 Å². The van der Waals surface area contributed by atoms with Crippen LogP contribution in [0.25, 0.3) is 38.4 Å². The fraction of sp³-hybridized carbons (Fsp3) is 0.148. The van der Waals surface area contributed by atoms with Gasteiger partial charge in [-0.15, -0.1) is 0 Å². The van der Waals surface area contributed by atoms with Gasteiger partial charge < -0.3 is 4.74 Å². The Morgan fingerprint density at radius 1 is 0.667 bits per heavy atom. The second kappa shape index (κ2) is 6.96. The molecule has 2 aromatic heterocycles. The third-order valence-corrected chi connectivity index (χ3v) is 7.89. The van der Waals surface area contributed by atoms with Gasteiger partial charge in [0.15, 0.2) is 0 Å². The van der Waals surface area contributed by atoms with Crippen molar-refractivity contribution in [1.82, 2.24) is 0 Å². The minimum absolute atomic E-state index is 0.883. The predicted octanol–water partition coefficient (Wildman–Crippen LogP) is 5.95. The molecule has 0 N–H and O–H groups in total. The molecule has 148 valence electrons. The molecule has 0 atom stereocenters. The summed E-state index contributed by atoms with van der Waals surface area (Å²) in [6, 6.07) is 30.6. The fourth-order valence-electron chi connectivity index (χ4n) is 4.60. The maximum atomic E-state index is 5.43. The molecule has 0 saturated carbocycles. The van der Waals surface area contributed by atoms with Gasteiger partial charge >= 0.3 is 0 Å². The van der Waals surface area contributed by atoms with E-state index in [0.29, 0.717) is 0 Å². The average molecular weight is 409 g/mol. The molecular weight excluding hydrogens is 382 g/mol. The largest absolute Gasteiger partial charge is 0.497 e. The summed E-state index contributed by atoms with van der Waals surface area (Å²) in [7, 11) is 0.0148. The first-order chi connectivity index (χ1) is 14.5. The first-order valence-electron chi connectivity index (χ1n) is 10.4. The molecule has 0 saturated heterocycles. The molecule has 5 rings (SSSR count). The monoisotopic (exact) mass is 408 g/mol. The molecule has 2 nitrogen and oxygen atoms in total. The minimum Gasteiger partial charge on any atom is -0.497 e. The van der Waals surface area contributed by atoms with Crippen molar-refractivity contribution in [1.29, 1.82) is 0 Å². The van der Waals surface area contributed by atoms with Crippen LogP contribution in [0, 0.1) is 0 Å². The van der Waals surface area contributed by atoms with E-state index in [2.05, 4.69) is 109 Å². The molecule has 3 aromatic carbocycles. The number of rotatable bonds is 3. The molecule has 0 amide bonds. The van der Waals surface area contributed by atoms with E-state index in [1.165, 1.54) is 43.6 Å². The first kappa shape index (κ1) is 18.8. The number of para-hydroxylation sites is 1. The first-order valence-corrected chi connectivity index (χ1v) is 13.9. The highest BCUT2D eigenvalue weighted by Gasteiger charge is 2.32. The number of benzene rings is 3. The van der Waals surface area contributed by atoms with E-state index < -0.39 is 8.07 Å². The minimum atomic E-state index is -1.70. The number of pyridine rings is 2.